The van der Waals surface area contributed by atoms with Gasteiger partial charge in [-0.25, -0.2) is 9.97 Å². The Hall–Kier alpha value is -0.710. The smallest absolute Gasteiger partial charge is 0.223 e. The monoisotopic (exact) mass is 260 g/mol. The van der Waals surface area contributed by atoms with Crippen molar-refractivity contribution < 1.29 is 4.42 Å². The van der Waals surface area contributed by atoms with Gasteiger partial charge in [-0.1, -0.05) is 11.8 Å². The van der Waals surface area contributed by atoms with E-state index < -0.39 is 0 Å². The van der Waals surface area contributed by atoms with Crippen molar-refractivity contribution in [3.8, 4) is 0 Å². The fourth-order valence-electron chi connectivity index (χ4n) is 0.974. The SMILES string of the molecule is Clc1nccc(SCc2ccc(Cl)o2)n1. The quantitative estimate of drug-likeness (QED) is 0.480. The molecule has 0 aliphatic heterocycles. The highest BCUT2D eigenvalue weighted by molar-refractivity contribution is 7.98. The lowest BCUT2D eigenvalue weighted by Crippen LogP contribution is -1.84. The van der Waals surface area contributed by atoms with Crippen molar-refractivity contribution in [1.82, 2.24) is 9.97 Å². The second kappa shape index (κ2) is 4.88. The first-order valence-electron chi connectivity index (χ1n) is 4.09. The lowest BCUT2D eigenvalue weighted by atomic mass is 10.5. The molecule has 3 nitrogen and oxygen atoms in total. The largest absolute Gasteiger partial charge is 0.449 e. The Balaban J connectivity index is 1.99. The molecule has 0 aliphatic rings. The molecule has 78 valence electrons. The van der Waals surface area contributed by atoms with Gasteiger partial charge in [0.2, 0.25) is 5.28 Å². The molecule has 6 heteroatoms. The van der Waals surface area contributed by atoms with E-state index >= 15 is 0 Å². The second-order valence-electron chi connectivity index (χ2n) is 2.66. The van der Waals surface area contributed by atoms with Crippen LogP contribution in [0.2, 0.25) is 10.5 Å². The Labute approximate surface area is 101 Å². The van der Waals surface area contributed by atoms with Gasteiger partial charge in [-0.2, -0.15) is 0 Å². The first-order valence-corrected chi connectivity index (χ1v) is 5.84. The molecule has 0 unspecified atom stereocenters. The van der Waals surface area contributed by atoms with E-state index in [2.05, 4.69) is 9.97 Å². The molecule has 0 saturated carbocycles. The fourth-order valence-corrected chi connectivity index (χ4v) is 2.09. The first-order chi connectivity index (χ1) is 7.24. The number of thioether (sulfide) groups is 1. The van der Waals surface area contributed by atoms with E-state index in [1.165, 1.54) is 11.8 Å². The molecule has 0 atom stereocenters. The number of rotatable bonds is 3. The maximum absolute atomic E-state index is 5.65. The zero-order valence-electron chi connectivity index (χ0n) is 7.48. The summed E-state index contributed by atoms with van der Waals surface area (Å²) >= 11 is 12.8. The average Bonchev–Trinajstić information content (AvgIpc) is 2.62. The molecule has 2 heterocycles. The van der Waals surface area contributed by atoms with Gasteiger partial charge < -0.3 is 4.42 Å². The lowest BCUT2D eigenvalue weighted by molar-refractivity contribution is 0.532. The number of halogens is 2. The van der Waals surface area contributed by atoms with E-state index in [1.54, 1.807) is 18.3 Å². The minimum atomic E-state index is 0.248. The molecular formula is C9H6Cl2N2OS. The van der Waals surface area contributed by atoms with Crippen LogP contribution in [-0.4, -0.2) is 9.97 Å². The van der Waals surface area contributed by atoms with Gasteiger partial charge in [-0.3, -0.25) is 0 Å². The molecule has 0 N–H and O–H groups in total. The zero-order chi connectivity index (χ0) is 10.7. The highest BCUT2D eigenvalue weighted by atomic mass is 35.5. The number of hydrogen-bond donors (Lipinski definition) is 0. The first kappa shape index (κ1) is 10.8. The normalized spacial score (nSPS) is 10.5. The Morgan fingerprint density at radius 3 is 2.80 bits per heavy atom. The summed E-state index contributed by atoms with van der Waals surface area (Å²) in [6.45, 7) is 0. The van der Waals surface area contributed by atoms with Gasteiger partial charge in [0.25, 0.3) is 0 Å². The molecule has 2 aromatic heterocycles. The Morgan fingerprint density at radius 2 is 2.13 bits per heavy atom. The van der Waals surface area contributed by atoms with Crippen LogP contribution in [0.3, 0.4) is 0 Å². The number of aromatic nitrogens is 2. The van der Waals surface area contributed by atoms with Crippen LogP contribution in [0.15, 0.2) is 33.8 Å². The Bertz CT molecular complexity index is 461. The minimum absolute atomic E-state index is 0.248. The molecule has 0 saturated heterocycles. The molecular weight excluding hydrogens is 255 g/mol. The van der Waals surface area contributed by atoms with Gasteiger partial charge in [-0.05, 0) is 41.4 Å². The van der Waals surface area contributed by atoms with Crippen molar-refractivity contribution in [2.75, 3.05) is 0 Å². The van der Waals surface area contributed by atoms with E-state index in [-0.39, 0.29) is 5.28 Å². The maximum atomic E-state index is 5.65. The topological polar surface area (TPSA) is 38.9 Å². The van der Waals surface area contributed by atoms with E-state index in [4.69, 9.17) is 27.6 Å². The molecule has 2 aromatic rings. The third-order valence-electron chi connectivity index (χ3n) is 1.59. The van der Waals surface area contributed by atoms with Gasteiger partial charge >= 0.3 is 0 Å². The Kier molecular flexibility index (Phi) is 3.51. The highest BCUT2D eigenvalue weighted by Gasteiger charge is 2.02. The second-order valence-corrected chi connectivity index (χ2v) is 4.36. The summed E-state index contributed by atoms with van der Waals surface area (Å²) < 4.78 is 5.20. The van der Waals surface area contributed by atoms with Crippen molar-refractivity contribution in [2.24, 2.45) is 0 Å². The highest BCUT2D eigenvalue weighted by Crippen LogP contribution is 2.23. The summed E-state index contributed by atoms with van der Waals surface area (Å²) in [4.78, 5) is 7.83. The molecule has 0 amide bonds. The maximum Gasteiger partial charge on any atom is 0.223 e. The van der Waals surface area contributed by atoms with Crippen molar-refractivity contribution in [3.05, 3.63) is 40.7 Å². The van der Waals surface area contributed by atoms with Crippen molar-refractivity contribution in [2.45, 2.75) is 10.8 Å². The van der Waals surface area contributed by atoms with E-state index in [1.807, 2.05) is 6.07 Å². The standard InChI is InChI=1S/C9H6Cl2N2OS/c10-7-2-1-6(14-7)5-15-8-3-4-12-9(11)13-8/h1-4H,5H2. The predicted octanol–water partition coefficient (Wildman–Crippen LogP) is 3.67. The van der Waals surface area contributed by atoms with Crippen LogP contribution in [-0.2, 0) is 5.75 Å². The van der Waals surface area contributed by atoms with Crippen LogP contribution < -0.4 is 0 Å². The summed E-state index contributed by atoms with van der Waals surface area (Å²) in [7, 11) is 0. The van der Waals surface area contributed by atoms with E-state index in [9.17, 15) is 0 Å². The van der Waals surface area contributed by atoms with Crippen molar-refractivity contribution >= 4 is 35.0 Å². The molecule has 2 rings (SSSR count). The van der Waals surface area contributed by atoms with Gasteiger partial charge in [0.15, 0.2) is 5.22 Å². The van der Waals surface area contributed by atoms with Crippen molar-refractivity contribution in [3.63, 3.8) is 0 Å². The molecule has 0 fully saturated rings. The number of hydrogen-bond acceptors (Lipinski definition) is 4. The average molecular weight is 261 g/mol. The van der Waals surface area contributed by atoms with Crippen LogP contribution in [0.25, 0.3) is 0 Å². The fraction of sp³-hybridized carbons (Fsp3) is 0.111. The number of nitrogens with zero attached hydrogens (tertiary/aromatic N) is 2. The van der Waals surface area contributed by atoms with Gasteiger partial charge in [0.05, 0.1) is 5.75 Å². The van der Waals surface area contributed by atoms with Gasteiger partial charge in [-0.15, -0.1) is 0 Å². The van der Waals surface area contributed by atoms with Gasteiger partial charge in [0, 0.05) is 6.20 Å². The third kappa shape index (κ3) is 3.12. The molecule has 15 heavy (non-hydrogen) atoms. The van der Waals surface area contributed by atoms with Crippen LogP contribution in [0.4, 0.5) is 0 Å². The Morgan fingerprint density at radius 1 is 1.27 bits per heavy atom. The molecule has 0 aromatic carbocycles. The van der Waals surface area contributed by atoms with Gasteiger partial charge in [0.1, 0.15) is 10.8 Å². The molecule has 0 spiro atoms. The molecule has 0 bridgehead atoms. The van der Waals surface area contributed by atoms with Crippen LogP contribution >= 0.6 is 35.0 Å². The van der Waals surface area contributed by atoms with Crippen LogP contribution in [0.1, 0.15) is 5.76 Å². The van der Waals surface area contributed by atoms with Crippen molar-refractivity contribution in [1.29, 1.82) is 0 Å². The molecule has 0 radical (unpaired) electrons. The predicted molar refractivity (Wildman–Crippen MR) is 60.3 cm³/mol. The summed E-state index contributed by atoms with van der Waals surface area (Å²) in [6.07, 6.45) is 1.62. The summed E-state index contributed by atoms with van der Waals surface area (Å²) in [5.41, 5.74) is 0. The summed E-state index contributed by atoms with van der Waals surface area (Å²) in [5, 5.41) is 1.45. The van der Waals surface area contributed by atoms with Crippen LogP contribution in [0.5, 0.6) is 0 Å². The minimum Gasteiger partial charge on any atom is -0.449 e. The molecule has 0 aliphatic carbocycles. The number of furan rings is 1. The summed E-state index contributed by atoms with van der Waals surface area (Å²) in [5.74, 6) is 1.47. The lowest BCUT2D eigenvalue weighted by Gasteiger charge is -1.97. The van der Waals surface area contributed by atoms with Crippen LogP contribution in [0, 0.1) is 0 Å². The van der Waals surface area contributed by atoms with E-state index in [0.29, 0.717) is 11.0 Å². The zero-order valence-corrected chi connectivity index (χ0v) is 9.81. The van der Waals surface area contributed by atoms with E-state index in [0.717, 1.165) is 10.8 Å². The third-order valence-corrected chi connectivity index (χ3v) is 2.93. The summed E-state index contributed by atoms with van der Waals surface area (Å²) in [6, 6.07) is 5.34.